The number of aromatic nitrogens is 1. The summed E-state index contributed by atoms with van der Waals surface area (Å²) in [6.45, 7) is 0.810. The van der Waals surface area contributed by atoms with Gasteiger partial charge in [0, 0.05) is 18.8 Å². The molecule has 0 aromatic carbocycles. The fourth-order valence-corrected chi connectivity index (χ4v) is 1.31. The molecule has 1 heterocycles. The maximum atomic E-state index is 11.4. The third-order valence-corrected chi connectivity index (χ3v) is 2.28. The van der Waals surface area contributed by atoms with Gasteiger partial charge in [0.15, 0.2) is 0 Å². The highest BCUT2D eigenvalue weighted by atomic mass is 16.1. The van der Waals surface area contributed by atoms with E-state index < -0.39 is 0 Å². The predicted molar refractivity (Wildman–Crippen MR) is 48.1 cm³/mol. The first-order chi connectivity index (χ1) is 6.29. The first-order valence-electron chi connectivity index (χ1n) is 4.40. The molecule has 0 aliphatic heterocycles. The van der Waals surface area contributed by atoms with Gasteiger partial charge in [0.2, 0.25) is 0 Å². The van der Waals surface area contributed by atoms with Crippen molar-refractivity contribution >= 4 is 0 Å². The molecule has 2 rings (SSSR count). The normalized spacial score (nSPS) is 15.3. The largest absolute Gasteiger partial charge is 0.315 e. The lowest BCUT2D eigenvalue weighted by Gasteiger charge is -2.02. The maximum absolute atomic E-state index is 11.4. The lowest BCUT2D eigenvalue weighted by atomic mass is 10.3. The highest BCUT2D eigenvalue weighted by molar-refractivity contribution is 5.25. The average molecular weight is 174 g/mol. The molecule has 13 heavy (non-hydrogen) atoms. The summed E-state index contributed by atoms with van der Waals surface area (Å²) < 4.78 is 1.68. The summed E-state index contributed by atoms with van der Waals surface area (Å²) >= 11 is 0. The van der Waals surface area contributed by atoms with Crippen LogP contribution in [0.1, 0.15) is 18.4 Å². The average Bonchev–Trinajstić information content (AvgIpc) is 2.92. The van der Waals surface area contributed by atoms with Gasteiger partial charge < -0.3 is 4.57 Å². The van der Waals surface area contributed by atoms with Crippen LogP contribution in [0.5, 0.6) is 0 Å². The molecule has 0 unspecified atom stereocenters. The molecular weight excluding hydrogens is 164 g/mol. The number of nitrogens with zero attached hydrogens (tertiary/aromatic N) is 2. The van der Waals surface area contributed by atoms with Gasteiger partial charge in [-0.3, -0.25) is 4.79 Å². The van der Waals surface area contributed by atoms with Crippen molar-refractivity contribution in [3.63, 3.8) is 0 Å². The Morgan fingerprint density at radius 3 is 2.92 bits per heavy atom. The van der Waals surface area contributed by atoms with E-state index in [4.69, 9.17) is 5.26 Å². The molecule has 1 fully saturated rings. The van der Waals surface area contributed by atoms with Crippen molar-refractivity contribution < 1.29 is 0 Å². The second-order valence-corrected chi connectivity index (χ2v) is 3.46. The van der Waals surface area contributed by atoms with E-state index in [0.717, 1.165) is 6.54 Å². The van der Waals surface area contributed by atoms with Gasteiger partial charge in [0.05, 0.1) is 11.6 Å². The van der Waals surface area contributed by atoms with Gasteiger partial charge in [0.25, 0.3) is 5.56 Å². The lowest BCUT2D eigenvalue weighted by molar-refractivity contribution is 0.606. The van der Waals surface area contributed by atoms with Crippen molar-refractivity contribution in [2.24, 2.45) is 5.92 Å². The summed E-state index contributed by atoms with van der Waals surface area (Å²) in [6.07, 6.45) is 4.16. The van der Waals surface area contributed by atoms with Gasteiger partial charge in [-0.1, -0.05) is 0 Å². The van der Waals surface area contributed by atoms with E-state index in [1.807, 2.05) is 6.07 Å². The van der Waals surface area contributed by atoms with Crippen molar-refractivity contribution in [1.82, 2.24) is 4.57 Å². The molecular formula is C10H10N2O. The Hall–Kier alpha value is -1.56. The van der Waals surface area contributed by atoms with Crippen LogP contribution in [0.4, 0.5) is 0 Å². The number of hydrogen-bond acceptors (Lipinski definition) is 2. The Balaban J connectivity index is 2.27. The SMILES string of the molecule is N#Cc1ccn(CC2CC2)c(=O)c1. The fraction of sp³-hybridized carbons (Fsp3) is 0.400. The Labute approximate surface area is 76.2 Å². The van der Waals surface area contributed by atoms with Crippen molar-refractivity contribution in [3.05, 3.63) is 34.2 Å². The summed E-state index contributed by atoms with van der Waals surface area (Å²) in [5, 5.41) is 8.55. The molecule has 0 bridgehead atoms. The fourth-order valence-electron chi connectivity index (χ4n) is 1.31. The minimum absolute atomic E-state index is 0.0639. The molecule has 1 aromatic rings. The molecule has 66 valence electrons. The van der Waals surface area contributed by atoms with Gasteiger partial charge in [-0.05, 0) is 24.8 Å². The van der Waals surface area contributed by atoms with Gasteiger partial charge >= 0.3 is 0 Å². The first kappa shape index (κ1) is 8.06. The minimum atomic E-state index is -0.0639. The third-order valence-electron chi connectivity index (χ3n) is 2.28. The molecule has 1 aliphatic rings. The number of nitriles is 1. The van der Waals surface area contributed by atoms with E-state index in [1.54, 1.807) is 16.8 Å². The number of pyridine rings is 1. The van der Waals surface area contributed by atoms with Crippen LogP contribution >= 0.6 is 0 Å². The van der Waals surface area contributed by atoms with Crippen molar-refractivity contribution in [1.29, 1.82) is 5.26 Å². The quantitative estimate of drug-likeness (QED) is 0.674. The molecule has 1 aliphatic carbocycles. The first-order valence-corrected chi connectivity index (χ1v) is 4.40. The minimum Gasteiger partial charge on any atom is -0.315 e. The molecule has 0 N–H and O–H groups in total. The molecule has 3 heteroatoms. The van der Waals surface area contributed by atoms with E-state index >= 15 is 0 Å². The Morgan fingerprint density at radius 1 is 1.62 bits per heavy atom. The molecule has 0 amide bonds. The third kappa shape index (κ3) is 1.78. The van der Waals surface area contributed by atoms with Crippen LogP contribution in [-0.2, 0) is 6.54 Å². The second-order valence-electron chi connectivity index (χ2n) is 3.46. The molecule has 1 saturated carbocycles. The van der Waals surface area contributed by atoms with Crippen LogP contribution in [0.3, 0.4) is 0 Å². The lowest BCUT2D eigenvalue weighted by Crippen LogP contribution is -2.19. The van der Waals surface area contributed by atoms with E-state index in [2.05, 4.69) is 0 Å². The van der Waals surface area contributed by atoms with Gasteiger partial charge in [-0.25, -0.2) is 0 Å². The summed E-state index contributed by atoms with van der Waals surface area (Å²) in [5.74, 6) is 0.686. The van der Waals surface area contributed by atoms with Gasteiger partial charge in [0.1, 0.15) is 0 Å². The Morgan fingerprint density at radius 2 is 2.38 bits per heavy atom. The van der Waals surface area contributed by atoms with Crippen LogP contribution in [0.25, 0.3) is 0 Å². The highest BCUT2D eigenvalue weighted by Gasteiger charge is 2.21. The zero-order valence-corrected chi connectivity index (χ0v) is 7.23. The number of rotatable bonds is 2. The molecule has 1 aromatic heterocycles. The van der Waals surface area contributed by atoms with Crippen LogP contribution < -0.4 is 5.56 Å². The molecule has 0 spiro atoms. The standard InChI is InChI=1S/C10H10N2O/c11-6-9-3-4-12(10(13)5-9)7-8-1-2-8/h3-5,8H,1-2,7H2. The topological polar surface area (TPSA) is 45.8 Å². The second kappa shape index (κ2) is 3.06. The van der Waals surface area contributed by atoms with Crippen molar-refractivity contribution in [2.45, 2.75) is 19.4 Å². The van der Waals surface area contributed by atoms with Gasteiger partial charge in [-0.15, -0.1) is 0 Å². The van der Waals surface area contributed by atoms with Crippen LogP contribution in [0, 0.1) is 17.2 Å². The molecule has 0 radical (unpaired) electrons. The molecule has 0 atom stereocenters. The van der Waals surface area contributed by atoms with Crippen LogP contribution in [-0.4, -0.2) is 4.57 Å². The van der Waals surface area contributed by atoms with E-state index in [9.17, 15) is 4.79 Å². The van der Waals surface area contributed by atoms with E-state index in [1.165, 1.54) is 18.9 Å². The van der Waals surface area contributed by atoms with Gasteiger partial charge in [-0.2, -0.15) is 5.26 Å². The zero-order valence-electron chi connectivity index (χ0n) is 7.23. The summed E-state index contributed by atoms with van der Waals surface area (Å²) in [4.78, 5) is 11.4. The van der Waals surface area contributed by atoms with Crippen molar-refractivity contribution in [2.75, 3.05) is 0 Å². The smallest absolute Gasteiger partial charge is 0.251 e. The van der Waals surface area contributed by atoms with E-state index in [0.29, 0.717) is 11.5 Å². The molecule has 0 saturated heterocycles. The Bertz CT molecular complexity index is 410. The van der Waals surface area contributed by atoms with Crippen molar-refractivity contribution in [3.8, 4) is 6.07 Å². The predicted octanol–water partition coefficient (Wildman–Crippen LogP) is 1.13. The zero-order chi connectivity index (χ0) is 9.26. The summed E-state index contributed by atoms with van der Waals surface area (Å²) in [6, 6.07) is 5.03. The molecule has 3 nitrogen and oxygen atoms in total. The van der Waals surface area contributed by atoms with Crippen LogP contribution in [0.15, 0.2) is 23.1 Å². The highest BCUT2D eigenvalue weighted by Crippen LogP contribution is 2.29. The monoisotopic (exact) mass is 174 g/mol. The maximum Gasteiger partial charge on any atom is 0.251 e. The Kier molecular flexibility index (Phi) is 1.90. The van der Waals surface area contributed by atoms with E-state index in [-0.39, 0.29) is 5.56 Å². The van der Waals surface area contributed by atoms with Crippen LogP contribution in [0.2, 0.25) is 0 Å². The number of hydrogen-bond donors (Lipinski definition) is 0. The summed E-state index contributed by atoms with van der Waals surface area (Å²) in [5.41, 5.74) is 0.378. The summed E-state index contributed by atoms with van der Waals surface area (Å²) in [7, 11) is 0.